The van der Waals surface area contributed by atoms with Crippen LogP contribution in [0.15, 0.2) is 0 Å². The molecule has 0 aromatic heterocycles. The summed E-state index contributed by atoms with van der Waals surface area (Å²) in [7, 11) is 0. The van der Waals surface area contributed by atoms with Crippen LogP contribution in [-0.2, 0) is 14.3 Å². The van der Waals surface area contributed by atoms with E-state index >= 15 is 0 Å². The molecule has 0 saturated heterocycles. The summed E-state index contributed by atoms with van der Waals surface area (Å²) in [5.41, 5.74) is -0.810. The van der Waals surface area contributed by atoms with Crippen molar-refractivity contribution in [3.63, 3.8) is 0 Å². The molecule has 1 saturated carbocycles. The molecule has 0 aromatic carbocycles. The van der Waals surface area contributed by atoms with Gasteiger partial charge in [-0.05, 0) is 33.1 Å². The average molecular weight is 257 g/mol. The number of carbonyl (C=O) groups excluding carboxylic acids is 1. The van der Waals surface area contributed by atoms with E-state index in [4.69, 9.17) is 4.74 Å². The van der Waals surface area contributed by atoms with E-state index in [1.807, 2.05) is 6.92 Å². The minimum atomic E-state index is -0.820. The third-order valence-electron chi connectivity index (χ3n) is 3.68. The number of aliphatic carboxylic acids is 1. The molecule has 1 rings (SSSR count). The highest BCUT2D eigenvalue weighted by Gasteiger charge is 2.45. The van der Waals surface area contributed by atoms with Crippen molar-refractivity contribution in [2.24, 2.45) is 5.41 Å². The van der Waals surface area contributed by atoms with Crippen LogP contribution in [0.5, 0.6) is 0 Å². The van der Waals surface area contributed by atoms with Gasteiger partial charge in [0.2, 0.25) is 5.91 Å². The van der Waals surface area contributed by atoms with Gasteiger partial charge in [0.05, 0.1) is 5.41 Å². The second-order valence-electron chi connectivity index (χ2n) is 5.04. The van der Waals surface area contributed by atoms with Crippen molar-refractivity contribution in [2.45, 2.75) is 52.0 Å². The number of nitrogens with one attached hydrogen (secondary N) is 1. The van der Waals surface area contributed by atoms with Gasteiger partial charge < -0.3 is 15.2 Å². The Morgan fingerprint density at radius 3 is 2.83 bits per heavy atom. The standard InChI is InChI=1S/C13H23NO4/c1-3-18-9-5-7-11(15)14-10-6-4-8-13(10,2)12(16)17/h10H,3-9H2,1-2H3,(H,14,15)(H,16,17). The highest BCUT2D eigenvalue weighted by atomic mass is 16.5. The maximum Gasteiger partial charge on any atom is 0.311 e. The highest BCUT2D eigenvalue weighted by Crippen LogP contribution is 2.38. The van der Waals surface area contributed by atoms with Gasteiger partial charge in [-0.3, -0.25) is 9.59 Å². The third-order valence-corrected chi connectivity index (χ3v) is 3.68. The van der Waals surface area contributed by atoms with Crippen molar-refractivity contribution in [2.75, 3.05) is 13.2 Å². The molecule has 2 unspecified atom stereocenters. The van der Waals surface area contributed by atoms with Gasteiger partial charge in [-0.25, -0.2) is 0 Å². The summed E-state index contributed by atoms with van der Waals surface area (Å²) in [6, 6.07) is -0.241. The highest BCUT2D eigenvalue weighted by molar-refractivity contribution is 5.80. The molecule has 1 aliphatic rings. The Morgan fingerprint density at radius 2 is 2.22 bits per heavy atom. The molecule has 1 fully saturated rings. The van der Waals surface area contributed by atoms with Crippen molar-refractivity contribution in [1.29, 1.82) is 0 Å². The Hall–Kier alpha value is -1.10. The first-order valence-electron chi connectivity index (χ1n) is 6.61. The van der Waals surface area contributed by atoms with Crippen molar-refractivity contribution < 1.29 is 19.4 Å². The quantitative estimate of drug-likeness (QED) is 0.679. The summed E-state index contributed by atoms with van der Waals surface area (Å²) in [6.07, 6.45) is 3.31. The van der Waals surface area contributed by atoms with Crippen molar-refractivity contribution in [3.05, 3.63) is 0 Å². The molecule has 5 heteroatoms. The van der Waals surface area contributed by atoms with Gasteiger partial charge in [-0.15, -0.1) is 0 Å². The molecule has 1 aliphatic carbocycles. The average Bonchev–Trinajstić information content (AvgIpc) is 2.68. The van der Waals surface area contributed by atoms with Crippen molar-refractivity contribution in [1.82, 2.24) is 5.32 Å². The van der Waals surface area contributed by atoms with E-state index in [2.05, 4.69) is 5.32 Å². The van der Waals surface area contributed by atoms with E-state index in [0.29, 0.717) is 32.5 Å². The van der Waals surface area contributed by atoms with Crippen LogP contribution in [0.1, 0.15) is 46.0 Å². The number of rotatable bonds is 7. The van der Waals surface area contributed by atoms with E-state index in [-0.39, 0.29) is 11.9 Å². The lowest BCUT2D eigenvalue weighted by Crippen LogP contribution is -2.47. The van der Waals surface area contributed by atoms with E-state index in [9.17, 15) is 14.7 Å². The summed E-state index contributed by atoms with van der Waals surface area (Å²) in [5.74, 6) is -0.895. The molecule has 1 amide bonds. The summed E-state index contributed by atoms with van der Waals surface area (Å²) in [5, 5.41) is 12.1. The SMILES string of the molecule is CCOCCCC(=O)NC1CCCC1(C)C(=O)O. The van der Waals surface area contributed by atoms with Crippen LogP contribution < -0.4 is 5.32 Å². The molecule has 0 spiro atoms. The maximum absolute atomic E-state index is 11.7. The smallest absolute Gasteiger partial charge is 0.311 e. The Morgan fingerprint density at radius 1 is 1.50 bits per heavy atom. The van der Waals surface area contributed by atoms with Gasteiger partial charge in [0.15, 0.2) is 0 Å². The molecule has 0 radical (unpaired) electrons. The van der Waals surface area contributed by atoms with E-state index < -0.39 is 11.4 Å². The topological polar surface area (TPSA) is 75.6 Å². The lowest BCUT2D eigenvalue weighted by molar-refractivity contribution is -0.149. The zero-order chi connectivity index (χ0) is 13.6. The van der Waals surface area contributed by atoms with Gasteiger partial charge >= 0.3 is 5.97 Å². The van der Waals surface area contributed by atoms with E-state index in [1.54, 1.807) is 6.92 Å². The fraction of sp³-hybridized carbons (Fsp3) is 0.846. The van der Waals surface area contributed by atoms with Crippen LogP contribution in [0.3, 0.4) is 0 Å². The molecule has 0 bridgehead atoms. The molecule has 0 aromatic rings. The van der Waals surface area contributed by atoms with Gasteiger partial charge in [0.1, 0.15) is 0 Å². The third kappa shape index (κ3) is 3.70. The van der Waals surface area contributed by atoms with Gasteiger partial charge in [0.25, 0.3) is 0 Å². The summed E-state index contributed by atoms with van der Waals surface area (Å²) >= 11 is 0. The summed E-state index contributed by atoms with van der Waals surface area (Å²) in [6.45, 7) is 4.86. The predicted molar refractivity (Wildman–Crippen MR) is 67.3 cm³/mol. The first kappa shape index (κ1) is 15.0. The van der Waals surface area contributed by atoms with E-state index in [1.165, 1.54) is 0 Å². The second kappa shape index (κ2) is 6.73. The minimum Gasteiger partial charge on any atom is -0.481 e. The molecule has 2 atom stereocenters. The first-order valence-corrected chi connectivity index (χ1v) is 6.61. The van der Waals surface area contributed by atoms with Gasteiger partial charge in [0, 0.05) is 25.7 Å². The number of ether oxygens (including phenoxy) is 1. The summed E-state index contributed by atoms with van der Waals surface area (Å²) in [4.78, 5) is 23.0. The lowest BCUT2D eigenvalue weighted by Gasteiger charge is -2.27. The molecular formula is C13H23NO4. The molecule has 0 aliphatic heterocycles. The molecular weight excluding hydrogens is 234 g/mol. The monoisotopic (exact) mass is 257 g/mol. The normalized spacial score (nSPS) is 27.1. The van der Waals surface area contributed by atoms with Crippen molar-refractivity contribution in [3.8, 4) is 0 Å². The lowest BCUT2D eigenvalue weighted by atomic mass is 9.85. The number of carboxylic acids is 1. The van der Waals surface area contributed by atoms with Crippen LogP contribution >= 0.6 is 0 Å². The van der Waals surface area contributed by atoms with Crippen LogP contribution in [0.2, 0.25) is 0 Å². The zero-order valence-electron chi connectivity index (χ0n) is 11.2. The Bertz CT molecular complexity index is 305. The fourth-order valence-corrected chi connectivity index (χ4v) is 2.40. The number of hydrogen-bond donors (Lipinski definition) is 2. The first-order chi connectivity index (χ1) is 8.50. The largest absolute Gasteiger partial charge is 0.481 e. The van der Waals surface area contributed by atoms with E-state index in [0.717, 1.165) is 12.8 Å². The van der Waals surface area contributed by atoms with Crippen molar-refractivity contribution >= 4 is 11.9 Å². The fourth-order valence-electron chi connectivity index (χ4n) is 2.40. The summed E-state index contributed by atoms with van der Waals surface area (Å²) < 4.78 is 5.16. The number of carbonyl (C=O) groups is 2. The number of hydrogen-bond acceptors (Lipinski definition) is 3. The minimum absolute atomic E-state index is 0.0749. The Balaban J connectivity index is 2.37. The molecule has 5 nitrogen and oxygen atoms in total. The maximum atomic E-state index is 11.7. The van der Waals surface area contributed by atoms with Gasteiger partial charge in [-0.2, -0.15) is 0 Å². The number of carboxylic acid groups (broad SMARTS) is 1. The predicted octanol–water partition coefficient (Wildman–Crippen LogP) is 1.56. The molecule has 18 heavy (non-hydrogen) atoms. The Labute approximate surface area is 108 Å². The zero-order valence-corrected chi connectivity index (χ0v) is 11.2. The Kier molecular flexibility index (Phi) is 5.59. The van der Waals surface area contributed by atoms with Gasteiger partial charge in [-0.1, -0.05) is 6.42 Å². The second-order valence-corrected chi connectivity index (χ2v) is 5.04. The molecule has 2 N–H and O–H groups in total. The van der Waals surface area contributed by atoms with Crippen LogP contribution in [0.25, 0.3) is 0 Å². The van der Waals surface area contributed by atoms with Crippen LogP contribution in [0, 0.1) is 5.41 Å². The molecule has 104 valence electrons. The van der Waals surface area contributed by atoms with Crippen LogP contribution in [-0.4, -0.2) is 36.2 Å². The molecule has 0 heterocycles. The van der Waals surface area contributed by atoms with Crippen LogP contribution in [0.4, 0.5) is 0 Å². The number of amides is 1.